The summed E-state index contributed by atoms with van der Waals surface area (Å²) in [5.74, 6) is 0. The van der Waals surface area contributed by atoms with Crippen molar-refractivity contribution in [3.8, 4) is 39.1 Å². The monoisotopic (exact) mass is 601 g/mol. The molecule has 2 heterocycles. The maximum Gasteiger partial charge on any atom is 0.0547 e. The van der Waals surface area contributed by atoms with Crippen LogP contribution in [0.25, 0.3) is 82.4 Å². The molecule has 9 aromatic rings. The Hall–Kier alpha value is -5.57. The van der Waals surface area contributed by atoms with Crippen LogP contribution >= 0.6 is 11.8 Å². The van der Waals surface area contributed by atoms with E-state index in [-0.39, 0.29) is 0 Å². The molecule has 46 heavy (non-hydrogen) atoms. The Morgan fingerprint density at radius 1 is 0.370 bits per heavy atom. The molecule has 0 bridgehead atoms. The van der Waals surface area contributed by atoms with Crippen molar-refractivity contribution < 1.29 is 0 Å². The van der Waals surface area contributed by atoms with Gasteiger partial charge in [0.2, 0.25) is 0 Å². The van der Waals surface area contributed by atoms with Crippen LogP contribution in [0.4, 0.5) is 0 Å². The van der Waals surface area contributed by atoms with Gasteiger partial charge < -0.3 is 4.57 Å². The first-order chi connectivity index (χ1) is 22.8. The first-order valence-electron chi connectivity index (χ1n) is 15.8. The normalized spacial score (nSPS) is 12.3. The SMILES string of the molecule is c1ccc(-n2c3cc(-c4cccc(-c5ccc6c7c(cccc57)-c5ccccc5S6)c4)ccc3c3c4ccccc4ccc32)cc1. The Balaban J connectivity index is 1.17. The fraction of sp³-hybridized carbons (Fsp3) is 0. The molecular weight excluding hydrogens is 575 g/mol. The summed E-state index contributed by atoms with van der Waals surface area (Å²) in [5.41, 5.74) is 11.2. The van der Waals surface area contributed by atoms with E-state index in [1.165, 1.54) is 92.2 Å². The molecule has 0 aliphatic carbocycles. The summed E-state index contributed by atoms with van der Waals surface area (Å²) in [4.78, 5) is 2.66. The third-order valence-corrected chi connectivity index (χ3v) is 10.7. The van der Waals surface area contributed by atoms with Gasteiger partial charge >= 0.3 is 0 Å². The van der Waals surface area contributed by atoms with Gasteiger partial charge in [0.05, 0.1) is 11.0 Å². The van der Waals surface area contributed by atoms with Gasteiger partial charge in [0.15, 0.2) is 0 Å². The lowest BCUT2D eigenvalue weighted by Gasteiger charge is -2.21. The summed E-state index contributed by atoms with van der Waals surface area (Å²) >= 11 is 1.88. The van der Waals surface area contributed by atoms with Gasteiger partial charge in [-0.15, -0.1) is 0 Å². The Labute approximate surface area is 271 Å². The molecule has 10 rings (SSSR count). The molecule has 214 valence electrons. The maximum atomic E-state index is 2.42. The van der Waals surface area contributed by atoms with Crippen LogP contribution in [0.15, 0.2) is 174 Å². The smallest absolute Gasteiger partial charge is 0.0547 e. The first kappa shape index (κ1) is 25.7. The fourth-order valence-corrected chi connectivity index (χ4v) is 8.65. The molecule has 8 aromatic carbocycles. The molecule has 0 radical (unpaired) electrons. The Kier molecular flexibility index (Phi) is 5.58. The van der Waals surface area contributed by atoms with E-state index in [2.05, 4.69) is 168 Å². The second-order valence-electron chi connectivity index (χ2n) is 12.1. The average Bonchev–Trinajstić information content (AvgIpc) is 3.46. The second-order valence-corrected chi connectivity index (χ2v) is 13.2. The van der Waals surface area contributed by atoms with Crippen molar-refractivity contribution in [1.82, 2.24) is 4.57 Å². The summed E-state index contributed by atoms with van der Waals surface area (Å²) in [6.45, 7) is 0. The van der Waals surface area contributed by atoms with Crippen molar-refractivity contribution in [1.29, 1.82) is 0 Å². The highest BCUT2D eigenvalue weighted by Gasteiger charge is 2.21. The Morgan fingerprint density at radius 3 is 2.09 bits per heavy atom. The number of fused-ring (bicyclic) bond motifs is 7. The van der Waals surface area contributed by atoms with Crippen molar-refractivity contribution >= 4 is 55.1 Å². The number of benzene rings is 8. The molecule has 0 saturated heterocycles. The predicted molar refractivity (Wildman–Crippen MR) is 196 cm³/mol. The molecule has 2 heteroatoms. The highest BCUT2D eigenvalue weighted by atomic mass is 32.2. The van der Waals surface area contributed by atoms with E-state index in [9.17, 15) is 0 Å². The lowest BCUT2D eigenvalue weighted by molar-refractivity contribution is 1.18. The molecule has 1 aromatic heterocycles. The summed E-state index contributed by atoms with van der Waals surface area (Å²) in [7, 11) is 0. The van der Waals surface area contributed by atoms with E-state index in [0.717, 1.165) is 0 Å². The summed E-state index contributed by atoms with van der Waals surface area (Å²) in [6, 6.07) is 60.2. The van der Waals surface area contributed by atoms with Gasteiger partial charge in [0.25, 0.3) is 0 Å². The van der Waals surface area contributed by atoms with E-state index in [1.54, 1.807) is 0 Å². The topological polar surface area (TPSA) is 4.93 Å². The quantitative estimate of drug-likeness (QED) is 0.195. The van der Waals surface area contributed by atoms with E-state index >= 15 is 0 Å². The van der Waals surface area contributed by atoms with Gasteiger partial charge in [-0.25, -0.2) is 0 Å². The van der Waals surface area contributed by atoms with Gasteiger partial charge in [0, 0.05) is 31.6 Å². The van der Waals surface area contributed by atoms with Gasteiger partial charge in [-0.1, -0.05) is 133 Å². The van der Waals surface area contributed by atoms with Crippen LogP contribution in [0.3, 0.4) is 0 Å². The molecule has 0 spiro atoms. The van der Waals surface area contributed by atoms with Crippen molar-refractivity contribution in [2.24, 2.45) is 0 Å². The van der Waals surface area contributed by atoms with Crippen LogP contribution in [0.1, 0.15) is 0 Å². The first-order valence-corrected chi connectivity index (χ1v) is 16.6. The average molecular weight is 602 g/mol. The van der Waals surface area contributed by atoms with E-state index in [0.29, 0.717) is 0 Å². The van der Waals surface area contributed by atoms with Gasteiger partial charge in [-0.2, -0.15) is 0 Å². The molecule has 0 atom stereocenters. The van der Waals surface area contributed by atoms with Crippen molar-refractivity contribution in [2.75, 3.05) is 0 Å². The highest BCUT2D eigenvalue weighted by molar-refractivity contribution is 7.99. The zero-order valence-electron chi connectivity index (χ0n) is 24.9. The minimum absolute atomic E-state index is 1.17. The Bertz CT molecular complexity index is 2660. The minimum atomic E-state index is 1.17. The van der Waals surface area contributed by atoms with Crippen LogP contribution in [-0.4, -0.2) is 4.57 Å². The van der Waals surface area contributed by atoms with Crippen molar-refractivity contribution in [3.05, 3.63) is 164 Å². The van der Waals surface area contributed by atoms with Gasteiger partial charge in [-0.05, 0) is 92.0 Å². The number of nitrogens with zero attached hydrogens (tertiary/aromatic N) is 1. The number of hydrogen-bond acceptors (Lipinski definition) is 1. The number of hydrogen-bond donors (Lipinski definition) is 0. The van der Waals surface area contributed by atoms with Crippen molar-refractivity contribution in [3.63, 3.8) is 0 Å². The van der Waals surface area contributed by atoms with Crippen LogP contribution in [-0.2, 0) is 0 Å². The molecular formula is C44H27NS. The van der Waals surface area contributed by atoms with Crippen LogP contribution < -0.4 is 0 Å². The largest absolute Gasteiger partial charge is 0.309 e. The number of rotatable bonds is 3. The molecule has 0 N–H and O–H groups in total. The van der Waals surface area contributed by atoms with E-state index in [1.807, 2.05) is 11.8 Å². The van der Waals surface area contributed by atoms with E-state index in [4.69, 9.17) is 0 Å². The molecule has 0 fully saturated rings. The standard InChI is InChI=1S/C44H27NS/c1-2-13-32(14-3-1)45-39-24-21-28-10-4-5-15-34(28)43(39)38-22-20-30(27-40(38)45)29-11-8-12-31(26-29)33-23-25-42-44-36(33)17-9-18-37(44)35-16-6-7-19-41(35)46-42/h1-27H. The molecule has 0 unspecified atom stereocenters. The zero-order valence-corrected chi connectivity index (χ0v) is 25.8. The second kappa shape index (κ2) is 9.97. The van der Waals surface area contributed by atoms with Crippen molar-refractivity contribution in [2.45, 2.75) is 9.79 Å². The summed E-state index contributed by atoms with van der Waals surface area (Å²) in [5, 5.41) is 7.80. The lowest BCUT2D eigenvalue weighted by atomic mass is 9.91. The third-order valence-electron chi connectivity index (χ3n) is 9.58. The highest BCUT2D eigenvalue weighted by Crippen LogP contribution is 2.49. The maximum absolute atomic E-state index is 2.42. The molecule has 0 saturated carbocycles. The summed E-state index contributed by atoms with van der Waals surface area (Å²) < 4.78 is 2.42. The molecule has 1 nitrogen and oxygen atoms in total. The zero-order chi connectivity index (χ0) is 30.2. The van der Waals surface area contributed by atoms with E-state index < -0.39 is 0 Å². The predicted octanol–water partition coefficient (Wildman–Crippen LogP) is 12.6. The lowest BCUT2D eigenvalue weighted by Crippen LogP contribution is -1.94. The Morgan fingerprint density at radius 2 is 1.13 bits per heavy atom. The number of aromatic nitrogens is 1. The minimum Gasteiger partial charge on any atom is -0.309 e. The fourth-order valence-electron chi connectivity index (χ4n) is 7.52. The van der Waals surface area contributed by atoms with Crippen LogP contribution in [0.2, 0.25) is 0 Å². The summed E-state index contributed by atoms with van der Waals surface area (Å²) in [6.07, 6.45) is 0. The number of para-hydroxylation sites is 1. The molecule has 0 amide bonds. The van der Waals surface area contributed by atoms with Crippen LogP contribution in [0.5, 0.6) is 0 Å². The van der Waals surface area contributed by atoms with Crippen LogP contribution in [0, 0.1) is 0 Å². The third kappa shape index (κ3) is 3.77. The molecule has 1 aliphatic heterocycles. The van der Waals surface area contributed by atoms with Gasteiger partial charge in [0.1, 0.15) is 0 Å². The van der Waals surface area contributed by atoms with Gasteiger partial charge in [-0.3, -0.25) is 0 Å². The molecule has 1 aliphatic rings.